The summed E-state index contributed by atoms with van der Waals surface area (Å²) in [5.74, 6) is -1.76. The Morgan fingerprint density at radius 3 is 2.60 bits per heavy atom. The third kappa shape index (κ3) is 3.24. The maximum atomic E-state index is 14.1. The largest absolute Gasteiger partial charge is 0.325 e. The lowest BCUT2D eigenvalue weighted by Crippen LogP contribution is -2.58. The third-order valence-corrected chi connectivity index (χ3v) is 4.38. The van der Waals surface area contributed by atoms with Crippen LogP contribution >= 0.6 is 0 Å². The second kappa shape index (κ2) is 6.63. The summed E-state index contributed by atoms with van der Waals surface area (Å²) in [6, 6.07) is 9.18. The first-order valence-corrected chi connectivity index (χ1v) is 8.02. The topological polar surface area (TPSA) is 40.6 Å². The minimum absolute atomic E-state index is 0.185. The van der Waals surface area contributed by atoms with Gasteiger partial charge in [-0.2, -0.15) is 0 Å². The van der Waals surface area contributed by atoms with Gasteiger partial charge in [0.15, 0.2) is 0 Å². The van der Waals surface area contributed by atoms with Gasteiger partial charge in [0.25, 0.3) is 5.91 Å². The summed E-state index contributed by atoms with van der Waals surface area (Å²) in [5.41, 5.74) is 1.25. The molecule has 0 N–H and O–H groups in total. The number of piperazine rings is 1. The van der Waals surface area contributed by atoms with Crippen LogP contribution in [0, 0.1) is 18.6 Å². The number of nitrogens with zero attached hydrogens (tertiary/aromatic N) is 2. The van der Waals surface area contributed by atoms with E-state index in [1.165, 1.54) is 34.1 Å². The highest BCUT2D eigenvalue weighted by molar-refractivity contribution is 6.03. The first-order chi connectivity index (χ1) is 11.9. The predicted molar refractivity (Wildman–Crippen MR) is 90.4 cm³/mol. The van der Waals surface area contributed by atoms with Crippen LogP contribution in [0.3, 0.4) is 0 Å². The number of aryl methyl sites for hydroxylation is 1. The molecule has 4 nitrogen and oxygen atoms in total. The Kier molecular flexibility index (Phi) is 4.53. The maximum absolute atomic E-state index is 14.1. The van der Waals surface area contributed by atoms with E-state index >= 15 is 0 Å². The smallest absolute Gasteiger partial charge is 0.254 e. The molecule has 0 unspecified atom stereocenters. The molecule has 1 heterocycles. The molecule has 0 aromatic heterocycles. The van der Waals surface area contributed by atoms with Crippen molar-refractivity contribution in [1.82, 2.24) is 4.90 Å². The van der Waals surface area contributed by atoms with Gasteiger partial charge in [-0.05, 0) is 49.7 Å². The summed E-state index contributed by atoms with van der Waals surface area (Å²) >= 11 is 0. The molecule has 1 saturated heterocycles. The van der Waals surface area contributed by atoms with Gasteiger partial charge in [-0.15, -0.1) is 0 Å². The summed E-state index contributed by atoms with van der Waals surface area (Å²) in [5, 5.41) is 0. The van der Waals surface area contributed by atoms with Crippen LogP contribution in [-0.2, 0) is 4.79 Å². The lowest BCUT2D eigenvalue weighted by Gasteiger charge is -2.39. The van der Waals surface area contributed by atoms with Crippen molar-refractivity contribution in [2.45, 2.75) is 19.9 Å². The molecule has 0 saturated carbocycles. The molecule has 1 aliphatic heterocycles. The summed E-state index contributed by atoms with van der Waals surface area (Å²) in [6.07, 6.45) is 0. The summed E-state index contributed by atoms with van der Waals surface area (Å²) < 4.78 is 27.5. The number of anilines is 1. The van der Waals surface area contributed by atoms with Crippen molar-refractivity contribution < 1.29 is 18.4 Å². The molecule has 2 aromatic rings. The molecule has 1 atom stereocenters. The number of carbonyl (C=O) groups excluding carboxylic acids is 2. The van der Waals surface area contributed by atoms with Gasteiger partial charge < -0.3 is 9.80 Å². The van der Waals surface area contributed by atoms with Crippen LogP contribution < -0.4 is 4.90 Å². The minimum Gasteiger partial charge on any atom is -0.325 e. The lowest BCUT2D eigenvalue weighted by atomic mass is 10.1. The monoisotopic (exact) mass is 344 g/mol. The second-order valence-electron chi connectivity index (χ2n) is 6.13. The van der Waals surface area contributed by atoms with Crippen LogP contribution in [0.4, 0.5) is 14.5 Å². The molecule has 1 aliphatic rings. The van der Waals surface area contributed by atoms with Crippen LogP contribution in [0.5, 0.6) is 0 Å². The van der Waals surface area contributed by atoms with Crippen molar-refractivity contribution in [3.05, 3.63) is 65.2 Å². The molecule has 2 aromatic carbocycles. The van der Waals surface area contributed by atoms with Crippen molar-refractivity contribution in [1.29, 1.82) is 0 Å². The van der Waals surface area contributed by atoms with Gasteiger partial charge in [-0.3, -0.25) is 9.59 Å². The van der Waals surface area contributed by atoms with Crippen LogP contribution in [-0.4, -0.2) is 35.8 Å². The highest BCUT2D eigenvalue weighted by Crippen LogP contribution is 2.25. The number of benzene rings is 2. The molecular weight excluding hydrogens is 326 g/mol. The van der Waals surface area contributed by atoms with Crippen molar-refractivity contribution >= 4 is 17.5 Å². The highest BCUT2D eigenvalue weighted by atomic mass is 19.1. The molecule has 1 fully saturated rings. The van der Waals surface area contributed by atoms with Crippen molar-refractivity contribution in [3.63, 3.8) is 0 Å². The predicted octanol–water partition coefficient (Wildman–Crippen LogP) is 3.15. The number of halogens is 2. The normalized spacial score (nSPS) is 17.8. The SMILES string of the molecule is Cc1ccc(F)c(N2CCN(C(=O)c3cccc(F)c3)[C@@H](C)C2=O)c1. The van der Waals surface area contributed by atoms with Crippen LogP contribution in [0.2, 0.25) is 0 Å². The summed E-state index contributed by atoms with van der Waals surface area (Å²) in [7, 11) is 0. The Bertz CT molecular complexity index is 838. The quantitative estimate of drug-likeness (QED) is 0.840. The van der Waals surface area contributed by atoms with Crippen molar-refractivity contribution in [2.24, 2.45) is 0 Å². The van der Waals surface area contributed by atoms with Gasteiger partial charge in [-0.25, -0.2) is 8.78 Å². The van der Waals surface area contributed by atoms with Gasteiger partial charge in [-0.1, -0.05) is 12.1 Å². The van der Waals surface area contributed by atoms with Crippen molar-refractivity contribution in [3.8, 4) is 0 Å². The van der Waals surface area contributed by atoms with Gasteiger partial charge in [0.05, 0.1) is 5.69 Å². The Morgan fingerprint density at radius 2 is 1.88 bits per heavy atom. The highest BCUT2D eigenvalue weighted by Gasteiger charge is 2.36. The second-order valence-corrected chi connectivity index (χ2v) is 6.13. The van der Waals surface area contributed by atoms with E-state index in [0.29, 0.717) is 0 Å². The first kappa shape index (κ1) is 17.1. The van der Waals surface area contributed by atoms with E-state index in [0.717, 1.165) is 11.6 Å². The molecular formula is C19H18F2N2O2. The molecule has 6 heteroatoms. The van der Waals surface area contributed by atoms with Gasteiger partial charge >= 0.3 is 0 Å². The zero-order valence-corrected chi connectivity index (χ0v) is 14.0. The molecule has 2 amide bonds. The zero-order chi connectivity index (χ0) is 18.1. The van der Waals surface area contributed by atoms with E-state index < -0.39 is 23.6 Å². The number of carbonyl (C=O) groups is 2. The minimum atomic E-state index is -0.760. The Hall–Kier alpha value is -2.76. The number of hydrogen-bond acceptors (Lipinski definition) is 2. The Morgan fingerprint density at radius 1 is 1.12 bits per heavy atom. The molecule has 0 aliphatic carbocycles. The third-order valence-electron chi connectivity index (χ3n) is 4.38. The number of rotatable bonds is 2. The zero-order valence-electron chi connectivity index (χ0n) is 14.0. The van der Waals surface area contributed by atoms with E-state index in [4.69, 9.17) is 0 Å². The van der Waals surface area contributed by atoms with Crippen LogP contribution in [0.1, 0.15) is 22.8 Å². The van der Waals surface area contributed by atoms with E-state index in [1.54, 1.807) is 19.1 Å². The standard InChI is InChI=1S/C19H18F2N2O2/c1-12-6-7-16(21)17(10-12)23-9-8-22(13(2)18(23)24)19(25)14-4-3-5-15(20)11-14/h3-7,10-11,13H,8-9H2,1-2H3/t13-/m0/s1. The van der Waals surface area contributed by atoms with Crippen LogP contribution in [0.15, 0.2) is 42.5 Å². The number of hydrogen-bond donors (Lipinski definition) is 0. The molecule has 0 bridgehead atoms. The van der Waals surface area contributed by atoms with Gasteiger partial charge in [0.1, 0.15) is 17.7 Å². The van der Waals surface area contributed by atoms with E-state index in [2.05, 4.69) is 0 Å². The van der Waals surface area contributed by atoms with Gasteiger partial charge in [0.2, 0.25) is 5.91 Å². The maximum Gasteiger partial charge on any atom is 0.254 e. The molecule has 130 valence electrons. The fraction of sp³-hybridized carbons (Fsp3) is 0.263. The summed E-state index contributed by atoms with van der Waals surface area (Å²) in [4.78, 5) is 28.0. The summed E-state index contributed by atoms with van der Waals surface area (Å²) in [6.45, 7) is 3.85. The fourth-order valence-corrected chi connectivity index (χ4v) is 3.00. The average Bonchev–Trinajstić information content (AvgIpc) is 2.59. The molecule has 25 heavy (non-hydrogen) atoms. The van der Waals surface area contributed by atoms with Crippen LogP contribution in [0.25, 0.3) is 0 Å². The van der Waals surface area contributed by atoms with Gasteiger partial charge in [0, 0.05) is 18.7 Å². The molecule has 0 radical (unpaired) electrons. The molecule has 0 spiro atoms. The van der Waals surface area contributed by atoms with E-state index in [9.17, 15) is 18.4 Å². The average molecular weight is 344 g/mol. The van der Waals surface area contributed by atoms with E-state index in [1.807, 2.05) is 6.92 Å². The molecule has 3 rings (SSSR count). The Labute approximate surface area is 144 Å². The van der Waals surface area contributed by atoms with E-state index in [-0.39, 0.29) is 30.2 Å². The lowest BCUT2D eigenvalue weighted by molar-refractivity contribution is -0.124. The number of amides is 2. The fourth-order valence-electron chi connectivity index (χ4n) is 3.00. The Balaban J connectivity index is 1.84. The van der Waals surface area contributed by atoms with Crippen molar-refractivity contribution in [2.75, 3.05) is 18.0 Å². The first-order valence-electron chi connectivity index (χ1n) is 8.02.